The maximum Gasteiger partial charge on any atom is 0.236 e. The summed E-state index contributed by atoms with van der Waals surface area (Å²) in [6.07, 6.45) is 4.14. The third kappa shape index (κ3) is 3.81. The van der Waals surface area contributed by atoms with Crippen LogP contribution in [0, 0.1) is 0 Å². The van der Waals surface area contributed by atoms with Crippen LogP contribution in [0.2, 0.25) is 0 Å². The fourth-order valence-electron chi connectivity index (χ4n) is 3.69. The Morgan fingerprint density at radius 3 is 2.34 bits per heavy atom. The van der Waals surface area contributed by atoms with Gasteiger partial charge in [0, 0.05) is 19.6 Å². The Morgan fingerprint density at radius 2 is 1.69 bits per heavy atom. The predicted octanol–water partition coefficient (Wildman–Crippen LogP) is 4.61. The highest BCUT2D eigenvalue weighted by molar-refractivity contribution is 6.01. The van der Waals surface area contributed by atoms with Gasteiger partial charge in [0.25, 0.3) is 0 Å². The molecule has 1 heterocycles. The first kappa shape index (κ1) is 19.0. The molecular formula is C24H26N2O3. The number of anilines is 1. The Labute approximate surface area is 172 Å². The number of methoxy groups -OCH3 is 2. The number of carbonyl (C=O) groups is 1. The molecule has 0 atom stereocenters. The van der Waals surface area contributed by atoms with Crippen LogP contribution in [0.5, 0.6) is 11.5 Å². The minimum atomic E-state index is -0.523. The van der Waals surface area contributed by atoms with Crippen LogP contribution in [0.3, 0.4) is 0 Å². The molecule has 0 aliphatic heterocycles. The first-order valence-electron chi connectivity index (χ1n) is 9.68. The number of nitrogens with zero attached hydrogens (tertiary/aromatic N) is 1. The van der Waals surface area contributed by atoms with E-state index in [1.807, 2.05) is 60.7 Å². The summed E-state index contributed by atoms with van der Waals surface area (Å²) in [4.78, 5) is 17.4. The molecule has 5 nitrogen and oxygen atoms in total. The van der Waals surface area contributed by atoms with Gasteiger partial charge >= 0.3 is 0 Å². The molecule has 1 saturated carbocycles. The largest absolute Gasteiger partial charge is 0.496 e. The molecule has 1 N–H and O–H groups in total. The van der Waals surface area contributed by atoms with Crippen LogP contribution in [-0.4, -0.2) is 25.1 Å². The van der Waals surface area contributed by atoms with Gasteiger partial charge in [-0.15, -0.1) is 0 Å². The van der Waals surface area contributed by atoms with Crippen LogP contribution >= 0.6 is 0 Å². The van der Waals surface area contributed by atoms with Gasteiger partial charge in [-0.2, -0.15) is 0 Å². The third-order valence-corrected chi connectivity index (χ3v) is 5.46. The quantitative estimate of drug-likeness (QED) is 0.640. The van der Waals surface area contributed by atoms with E-state index in [0.717, 1.165) is 47.5 Å². The van der Waals surface area contributed by atoms with Crippen LogP contribution in [0.4, 0.5) is 5.82 Å². The average Bonchev–Trinajstić information content (AvgIpc) is 3.57. The molecule has 0 unspecified atom stereocenters. The van der Waals surface area contributed by atoms with E-state index < -0.39 is 5.41 Å². The summed E-state index contributed by atoms with van der Waals surface area (Å²) >= 11 is 0. The number of rotatable bonds is 7. The lowest BCUT2D eigenvalue weighted by Crippen LogP contribution is -2.28. The highest BCUT2D eigenvalue weighted by Crippen LogP contribution is 2.51. The summed E-state index contributed by atoms with van der Waals surface area (Å²) in [7, 11) is 3.31. The molecule has 0 spiro atoms. The second-order valence-electron chi connectivity index (χ2n) is 7.28. The van der Waals surface area contributed by atoms with E-state index in [-0.39, 0.29) is 7.33 Å². The lowest BCUT2D eigenvalue weighted by atomic mass is 9.94. The minimum absolute atomic E-state index is 0. The Hall–Kier alpha value is -3.34. The van der Waals surface area contributed by atoms with Crippen molar-refractivity contribution in [1.82, 2.24) is 4.98 Å². The molecule has 2 aromatic carbocycles. The zero-order valence-electron chi connectivity index (χ0n) is 16.6. The maximum atomic E-state index is 13.0. The number of hydrogen-bond acceptors (Lipinski definition) is 4. The highest BCUT2D eigenvalue weighted by atomic mass is 16.5. The highest BCUT2D eigenvalue weighted by Gasteiger charge is 2.52. The Balaban J connectivity index is 0.00000256. The van der Waals surface area contributed by atoms with Crippen molar-refractivity contribution in [1.29, 1.82) is 0 Å². The first-order chi connectivity index (χ1) is 14.2. The Kier molecular flexibility index (Phi) is 5.21. The molecule has 1 aliphatic rings. The molecule has 3 aromatic rings. The molecule has 0 bridgehead atoms. The minimum Gasteiger partial charge on any atom is -0.496 e. The summed E-state index contributed by atoms with van der Waals surface area (Å²) in [5.74, 6) is 2.13. The van der Waals surface area contributed by atoms with Crippen LogP contribution in [0.25, 0.3) is 0 Å². The zero-order chi connectivity index (χ0) is 20.3. The van der Waals surface area contributed by atoms with Crippen LogP contribution in [0.15, 0.2) is 66.9 Å². The van der Waals surface area contributed by atoms with Crippen molar-refractivity contribution in [3.8, 4) is 11.5 Å². The number of hydrogen-bond donors (Lipinski definition) is 1. The number of benzene rings is 2. The van der Waals surface area contributed by atoms with Gasteiger partial charge in [0.2, 0.25) is 5.91 Å². The molecule has 5 heteroatoms. The average molecular weight is 390 g/mol. The molecular weight excluding hydrogens is 364 g/mol. The van der Waals surface area contributed by atoms with Crippen LogP contribution in [-0.2, 0) is 16.6 Å². The van der Waals surface area contributed by atoms with Gasteiger partial charge in [-0.05, 0) is 42.2 Å². The number of aromatic nitrogens is 1. The lowest BCUT2D eigenvalue weighted by Gasteiger charge is -2.18. The van der Waals surface area contributed by atoms with Crippen molar-refractivity contribution in [2.45, 2.75) is 24.7 Å². The van der Waals surface area contributed by atoms with Gasteiger partial charge in [-0.3, -0.25) is 4.79 Å². The molecule has 1 fully saturated rings. The fourth-order valence-corrected chi connectivity index (χ4v) is 3.69. The zero-order valence-corrected chi connectivity index (χ0v) is 16.6. The molecule has 1 aliphatic carbocycles. The number of pyridine rings is 1. The van der Waals surface area contributed by atoms with E-state index in [4.69, 9.17) is 9.47 Å². The van der Waals surface area contributed by atoms with Crippen molar-refractivity contribution in [2.75, 3.05) is 19.5 Å². The van der Waals surface area contributed by atoms with Gasteiger partial charge in [0.05, 0.1) is 19.6 Å². The number of ether oxygens (including phenoxy) is 2. The second-order valence-corrected chi connectivity index (χ2v) is 7.28. The van der Waals surface area contributed by atoms with Gasteiger partial charge in [0.15, 0.2) is 0 Å². The smallest absolute Gasteiger partial charge is 0.236 e. The third-order valence-electron chi connectivity index (χ3n) is 5.46. The van der Waals surface area contributed by atoms with E-state index in [0.29, 0.717) is 5.82 Å². The van der Waals surface area contributed by atoms with Gasteiger partial charge in [-0.1, -0.05) is 42.5 Å². The van der Waals surface area contributed by atoms with Crippen molar-refractivity contribution >= 4 is 11.7 Å². The molecule has 4 rings (SSSR count). The summed E-state index contributed by atoms with van der Waals surface area (Å²) in [5, 5.41) is 2.98. The first-order valence-corrected chi connectivity index (χ1v) is 9.68. The van der Waals surface area contributed by atoms with E-state index in [1.54, 1.807) is 20.4 Å². The van der Waals surface area contributed by atoms with E-state index in [1.165, 1.54) is 0 Å². The summed E-state index contributed by atoms with van der Waals surface area (Å²) in [6.45, 7) is 0. The number of para-hydroxylation sites is 2. The standard InChI is InChI=1S/C24H24N2O3.H2/c1-28-20-9-5-3-7-18(20)15-17-11-12-22(25-16-17)26-23(27)24(13-14-24)19-8-4-6-10-21(19)29-2;/h3-12,16H,13-15H2,1-2H3,(H,25,26,27);1H. The molecule has 0 radical (unpaired) electrons. The topological polar surface area (TPSA) is 60.5 Å². The number of amides is 1. The van der Waals surface area contributed by atoms with Crippen molar-refractivity contribution in [2.24, 2.45) is 0 Å². The van der Waals surface area contributed by atoms with E-state index in [2.05, 4.69) is 10.3 Å². The second kappa shape index (κ2) is 7.95. The number of nitrogens with one attached hydrogen (secondary N) is 1. The summed E-state index contributed by atoms with van der Waals surface area (Å²) < 4.78 is 10.9. The molecule has 29 heavy (non-hydrogen) atoms. The van der Waals surface area contributed by atoms with Crippen molar-refractivity contribution < 1.29 is 15.7 Å². The molecule has 1 amide bonds. The normalized spacial score (nSPS) is 14.1. The van der Waals surface area contributed by atoms with Crippen molar-refractivity contribution in [3.05, 3.63) is 83.6 Å². The van der Waals surface area contributed by atoms with Crippen molar-refractivity contribution in [3.63, 3.8) is 0 Å². The molecule has 0 saturated heterocycles. The van der Waals surface area contributed by atoms with Gasteiger partial charge in [-0.25, -0.2) is 4.98 Å². The fraction of sp³-hybridized carbons (Fsp3) is 0.250. The van der Waals surface area contributed by atoms with Crippen LogP contribution < -0.4 is 14.8 Å². The Morgan fingerprint density at radius 1 is 1.00 bits per heavy atom. The monoisotopic (exact) mass is 390 g/mol. The summed E-state index contributed by atoms with van der Waals surface area (Å²) in [5.41, 5.74) is 2.57. The summed E-state index contributed by atoms with van der Waals surface area (Å²) in [6, 6.07) is 19.5. The molecule has 1 aromatic heterocycles. The Bertz CT molecular complexity index is 1020. The lowest BCUT2D eigenvalue weighted by molar-refractivity contribution is -0.118. The van der Waals surface area contributed by atoms with Gasteiger partial charge in [0.1, 0.15) is 17.3 Å². The molecule has 150 valence electrons. The predicted molar refractivity (Wildman–Crippen MR) is 115 cm³/mol. The maximum absolute atomic E-state index is 13.0. The SMILES string of the molecule is COc1ccccc1Cc1ccc(NC(=O)C2(c3ccccc3OC)CC2)nc1.[HH]. The number of carbonyl (C=O) groups excluding carboxylic acids is 1. The van der Waals surface area contributed by atoms with E-state index in [9.17, 15) is 4.79 Å². The van der Waals surface area contributed by atoms with Crippen LogP contribution in [0.1, 0.15) is 31.0 Å². The van der Waals surface area contributed by atoms with Gasteiger partial charge < -0.3 is 14.8 Å². The van der Waals surface area contributed by atoms with E-state index >= 15 is 0 Å².